The Labute approximate surface area is 108 Å². The quantitative estimate of drug-likeness (QED) is 0.512. The van der Waals surface area contributed by atoms with Gasteiger partial charge in [-0.25, -0.2) is 0 Å². The Balaban J connectivity index is 2.46. The van der Waals surface area contributed by atoms with Gasteiger partial charge in [-0.2, -0.15) is 0 Å². The molecule has 0 spiro atoms. The van der Waals surface area contributed by atoms with Crippen LogP contribution < -0.4 is 5.32 Å². The minimum atomic E-state index is -0.384. The summed E-state index contributed by atoms with van der Waals surface area (Å²) in [7, 11) is 1.31. The molecule has 1 rings (SSSR count). The van der Waals surface area contributed by atoms with Gasteiger partial charge in [-0.1, -0.05) is 15.9 Å². The number of carbonyl (C=O) groups is 2. The van der Waals surface area contributed by atoms with Gasteiger partial charge in [0.25, 0.3) is 0 Å². The molecule has 0 aromatic heterocycles. The molecule has 1 N–H and O–H groups in total. The van der Waals surface area contributed by atoms with E-state index < -0.39 is 0 Å². The Bertz CT molecular complexity index is 426. The summed E-state index contributed by atoms with van der Waals surface area (Å²) in [6.45, 7) is 0.0423. The van der Waals surface area contributed by atoms with E-state index in [0.29, 0.717) is 5.56 Å². The van der Waals surface area contributed by atoms with Crippen molar-refractivity contribution < 1.29 is 14.3 Å². The zero-order valence-electron chi connectivity index (χ0n) is 9.27. The smallest absolute Gasteiger partial charge is 0.325 e. The average molecular weight is 298 g/mol. The molecule has 0 fully saturated rings. The molecule has 0 bridgehead atoms. The maximum atomic E-state index is 11.6. The van der Waals surface area contributed by atoms with E-state index in [9.17, 15) is 9.59 Å². The molecule has 1 aromatic rings. The number of ether oxygens (including phenoxy) is 1. The molecule has 1 aromatic carbocycles. The molecule has 0 aliphatic carbocycles. The molecule has 0 saturated carbocycles. The summed E-state index contributed by atoms with van der Waals surface area (Å²) in [4.78, 5) is 22.4. The maximum absolute atomic E-state index is 11.6. The van der Waals surface area contributed by atoms with Gasteiger partial charge in [-0.15, -0.1) is 0 Å². The van der Waals surface area contributed by atoms with Gasteiger partial charge in [0.1, 0.15) is 6.54 Å². The molecule has 5 heteroatoms. The number of allylic oxidation sites excluding steroid dienone is 1. The number of rotatable bonds is 5. The number of hydrogen-bond donors (Lipinski definition) is 1. The van der Waals surface area contributed by atoms with Crippen LogP contribution in [0.15, 0.2) is 41.0 Å². The van der Waals surface area contributed by atoms with Gasteiger partial charge in [0.2, 0.25) is 0 Å². The second kappa shape index (κ2) is 6.85. The van der Waals surface area contributed by atoms with Crippen molar-refractivity contribution in [2.75, 3.05) is 13.7 Å². The van der Waals surface area contributed by atoms with Crippen molar-refractivity contribution in [3.63, 3.8) is 0 Å². The second-order valence-corrected chi connectivity index (χ2v) is 4.08. The fraction of sp³-hybridized carbons (Fsp3) is 0.167. The Morgan fingerprint density at radius 3 is 2.59 bits per heavy atom. The molecule has 0 saturated heterocycles. The molecular formula is C12H12BrNO3. The zero-order valence-corrected chi connectivity index (χ0v) is 10.9. The molecule has 0 atom stereocenters. The number of nitrogens with one attached hydrogen (secondary N) is 1. The lowest BCUT2D eigenvalue weighted by Crippen LogP contribution is -2.19. The standard InChI is InChI=1S/C12H12BrNO3/c1-17-12(16)8-14-7-6-11(15)9-2-4-10(13)5-3-9/h2-7,14H,8H2,1H3. The van der Waals surface area contributed by atoms with Gasteiger partial charge in [0.15, 0.2) is 5.78 Å². The summed E-state index contributed by atoms with van der Waals surface area (Å²) >= 11 is 3.29. The summed E-state index contributed by atoms with van der Waals surface area (Å²) in [5.74, 6) is -0.513. The molecule has 0 aliphatic rings. The van der Waals surface area contributed by atoms with Crippen molar-refractivity contribution in [1.82, 2.24) is 5.32 Å². The van der Waals surface area contributed by atoms with Crippen LogP contribution in [0.5, 0.6) is 0 Å². The van der Waals surface area contributed by atoms with E-state index in [-0.39, 0.29) is 18.3 Å². The SMILES string of the molecule is COC(=O)CNC=CC(=O)c1ccc(Br)cc1. The number of methoxy groups -OCH3 is 1. The van der Waals surface area contributed by atoms with Crippen molar-refractivity contribution in [2.24, 2.45) is 0 Å². The van der Waals surface area contributed by atoms with Gasteiger partial charge in [-0.05, 0) is 24.3 Å². The van der Waals surface area contributed by atoms with Crippen molar-refractivity contribution in [1.29, 1.82) is 0 Å². The molecule has 90 valence electrons. The average Bonchev–Trinajstić information content (AvgIpc) is 2.34. The van der Waals surface area contributed by atoms with E-state index in [1.807, 2.05) is 0 Å². The Morgan fingerprint density at radius 1 is 1.35 bits per heavy atom. The molecule has 0 unspecified atom stereocenters. The monoisotopic (exact) mass is 297 g/mol. The number of carbonyl (C=O) groups excluding carboxylic acids is 2. The van der Waals surface area contributed by atoms with Crippen LogP contribution in [0, 0.1) is 0 Å². The lowest BCUT2D eigenvalue weighted by atomic mass is 10.1. The highest BCUT2D eigenvalue weighted by molar-refractivity contribution is 9.10. The van der Waals surface area contributed by atoms with Crippen molar-refractivity contribution in [2.45, 2.75) is 0 Å². The summed E-state index contributed by atoms with van der Waals surface area (Å²) in [6.07, 6.45) is 2.80. The van der Waals surface area contributed by atoms with Crippen molar-refractivity contribution in [3.8, 4) is 0 Å². The second-order valence-electron chi connectivity index (χ2n) is 3.16. The zero-order chi connectivity index (χ0) is 12.7. The lowest BCUT2D eigenvalue weighted by Gasteiger charge is -1.98. The number of benzene rings is 1. The van der Waals surface area contributed by atoms with Crippen molar-refractivity contribution in [3.05, 3.63) is 46.6 Å². The molecule has 0 heterocycles. The van der Waals surface area contributed by atoms with E-state index >= 15 is 0 Å². The first-order chi connectivity index (χ1) is 8.13. The van der Waals surface area contributed by atoms with Crippen LogP contribution in [0.4, 0.5) is 0 Å². The van der Waals surface area contributed by atoms with E-state index in [2.05, 4.69) is 26.0 Å². The summed E-state index contributed by atoms with van der Waals surface area (Å²) < 4.78 is 5.35. The molecule has 0 amide bonds. The Morgan fingerprint density at radius 2 is 2.00 bits per heavy atom. The first-order valence-corrected chi connectivity index (χ1v) is 5.69. The van der Waals surface area contributed by atoms with Gasteiger partial charge < -0.3 is 10.1 Å². The van der Waals surface area contributed by atoms with Crippen LogP contribution in [0.3, 0.4) is 0 Å². The largest absolute Gasteiger partial charge is 0.468 e. The van der Waals surface area contributed by atoms with Gasteiger partial charge >= 0.3 is 5.97 Å². The van der Waals surface area contributed by atoms with E-state index in [1.165, 1.54) is 19.4 Å². The van der Waals surface area contributed by atoms with Gasteiger partial charge in [0.05, 0.1) is 7.11 Å². The predicted molar refractivity (Wildman–Crippen MR) is 67.6 cm³/mol. The third kappa shape index (κ3) is 4.82. The number of esters is 1. The minimum absolute atomic E-state index is 0.0423. The Kier molecular flexibility index (Phi) is 5.42. The van der Waals surface area contributed by atoms with E-state index in [0.717, 1.165) is 4.47 Å². The topological polar surface area (TPSA) is 55.4 Å². The molecular weight excluding hydrogens is 286 g/mol. The van der Waals surface area contributed by atoms with Crippen LogP contribution in [0.2, 0.25) is 0 Å². The summed E-state index contributed by atoms with van der Waals surface area (Å²) in [5, 5.41) is 2.66. The first kappa shape index (κ1) is 13.4. The molecule has 17 heavy (non-hydrogen) atoms. The highest BCUT2D eigenvalue weighted by Gasteiger charge is 2.01. The fourth-order valence-corrected chi connectivity index (χ4v) is 1.32. The number of halogens is 1. The first-order valence-electron chi connectivity index (χ1n) is 4.90. The number of ketones is 1. The van der Waals surface area contributed by atoms with Crippen molar-refractivity contribution >= 4 is 27.7 Å². The van der Waals surface area contributed by atoms with Crippen LogP contribution in [0.25, 0.3) is 0 Å². The van der Waals surface area contributed by atoms with Crippen LogP contribution in [-0.4, -0.2) is 25.4 Å². The van der Waals surface area contributed by atoms with Crippen LogP contribution >= 0.6 is 15.9 Å². The summed E-state index contributed by atoms with van der Waals surface area (Å²) in [6, 6.07) is 7.03. The molecule has 4 nitrogen and oxygen atoms in total. The fourth-order valence-electron chi connectivity index (χ4n) is 1.06. The third-order valence-corrected chi connectivity index (χ3v) is 2.48. The lowest BCUT2D eigenvalue weighted by molar-refractivity contribution is -0.139. The normalized spacial score (nSPS) is 10.2. The number of hydrogen-bond acceptors (Lipinski definition) is 4. The maximum Gasteiger partial charge on any atom is 0.325 e. The Hall–Kier alpha value is -1.62. The van der Waals surface area contributed by atoms with Crippen LogP contribution in [-0.2, 0) is 9.53 Å². The highest BCUT2D eigenvalue weighted by Crippen LogP contribution is 2.11. The summed E-state index contributed by atoms with van der Waals surface area (Å²) in [5.41, 5.74) is 0.587. The third-order valence-electron chi connectivity index (χ3n) is 1.96. The van der Waals surface area contributed by atoms with Gasteiger partial charge in [-0.3, -0.25) is 9.59 Å². The van der Waals surface area contributed by atoms with E-state index in [4.69, 9.17) is 0 Å². The minimum Gasteiger partial charge on any atom is -0.468 e. The molecule has 0 radical (unpaired) electrons. The van der Waals surface area contributed by atoms with E-state index in [1.54, 1.807) is 24.3 Å². The van der Waals surface area contributed by atoms with Crippen LogP contribution in [0.1, 0.15) is 10.4 Å². The predicted octanol–water partition coefficient (Wildman–Crippen LogP) is 1.91. The van der Waals surface area contributed by atoms with Gasteiger partial charge in [0, 0.05) is 22.3 Å². The molecule has 0 aliphatic heterocycles. The highest BCUT2D eigenvalue weighted by atomic mass is 79.9.